The zero-order valence-corrected chi connectivity index (χ0v) is 12.5. The number of pyridine rings is 1. The SMILES string of the molecule is NC(=S)c1ccc(Cl)c(S(=O)(=O)Nc2ccncc2)c1. The standard InChI is InChI=1S/C12H10ClN3O2S2/c13-10-2-1-8(12(14)19)7-11(10)20(17,18)16-9-3-5-15-6-4-9/h1-7H,(H2,14,19)(H,15,16). The second-order valence-corrected chi connectivity index (χ2v) is 6.35. The van der Waals surface area contributed by atoms with Gasteiger partial charge in [0.15, 0.2) is 0 Å². The van der Waals surface area contributed by atoms with E-state index in [2.05, 4.69) is 9.71 Å². The summed E-state index contributed by atoms with van der Waals surface area (Å²) in [5.41, 5.74) is 6.31. The molecule has 0 bridgehead atoms. The first-order valence-electron chi connectivity index (χ1n) is 5.42. The molecule has 0 saturated heterocycles. The molecule has 0 fully saturated rings. The molecule has 0 amide bonds. The minimum absolute atomic E-state index is 0.0821. The van der Waals surface area contributed by atoms with Gasteiger partial charge in [0.2, 0.25) is 0 Å². The second-order valence-electron chi connectivity index (χ2n) is 3.85. The van der Waals surface area contributed by atoms with Crippen molar-refractivity contribution in [3.8, 4) is 0 Å². The average Bonchev–Trinajstić information content (AvgIpc) is 2.39. The molecule has 104 valence electrons. The van der Waals surface area contributed by atoms with E-state index in [-0.39, 0.29) is 14.9 Å². The predicted octanol–water partition coefficient (Wildman–Crippen LogP) is 2.17. The lowest BCUT2D eigenvalue weighted by atomic mass is 10.2. The lowest BCUT2D eigenvalue weighted by Gasteiger charge is -2.10. The molecule has 0 aliphatic heterocycles. The summed E-state index contributed by atoms with van der Waals surface area (Å²) in [6, 6.07) is 7.41. The van der Waals surface area contributed by atoms with E-state index < -0.39 is 10.0 Å². The average molecular weight is 328 g/mol. The van der Waals surface area contributed by atoms with Gasteiger partial charge in [0.1, 0.15) is 9.88 Å². The van der Waals surface area contributed by atoms with E-state index in [0.29, 0.717) is 11.3 Å². The lowest BCUT2D eigenvalue weighted by Crippen LogP contribution is -2.16. The van der Waals surface area contributed by atoms with Gasteiger partial charge in [0.05, 0.1) is 10.7 Å². The van der Waals surface area contributed by atoms with Crippen LogP contribution in [0.4, 0.5) is 5.69 Å². The molecule has 0 aliphatic rings. The van der Waals surface area contributed by atoms with Crippen LogP contribution in [0, 0.1) is 0 Å². The van der Waals surface area contributed by atoms with E-state index in [1.54, 1.807) is 6.07 Å². The summed E-state index contributed by atoms with van der Waals surface area (Å²) in [7, 11) is -3.82. The van der Waals surface area contributed by atoms with Crippen LogP contribution in [0.5, 0.6) is 0 Å². The Morgan fingerprint density at radius 1 is 1.25 bits per heavy atom. The van der Waals surface area contributed by atoms with Gasteiger partial charge < -0.3 is 5.73 Å². The molecule has 2 rings (SSSR count). The van der Waals surface area contributed by atoms with Gasteiger partial charge in [0.25, 0.3) is 10.0 Å². The van der Waals surface area contributed by atoms with Crippen molar-refractivity contribution in [3.63, 3.8) is 0 Å². The highest BCUT2D eigenvalue weighted by Gasteiger charge is 2.19. The fourth-order valence-corrected chi connectivity index (χ4v) is 3.21. The molecule has 5 nitrogen and oxygen atoms in total. The molecule has 0 saturated carbocycles. The van der Waals surface area contributed by atoms with Crippen molar-refractivity contribution in [1.29, 1.82) is 0 Å². The molecule has 20 heavy (non-hydrogen) atoms. The summed E-state index contributed by atoms with van der Waals surface area (Å²) in [4.78, 5) is 3.83. The van der Waals surface area contributed by atoms with Gasteiger partial charge in [-0.2, -0.15) is 0 Å². The molecule has 3 N–H and O–H groups in total. The van der Waals surface area contributed by atoms with Crippen molar-refractivity contribution in [3.05, 3.63) is 53.3 Å². The molecule has 0 radical (unpaired) electrons. The van der Waals surface area contributed by atoms with E-state index in [1.165, 1.54) is 36.7 Å². The molecular weight excluding hydrogens is 318 g/mol. The number of hydrogen-bond acceptors (Lipinski definition) is 4. The first-order chi connectivity index (χ1) is 9.40. The van der Waals surface area contributed by atoms with Crippen LogP contribution in [-0.2, 0) is 10.0 Å². The highest BCUT2D eigenvalue weighted by molar-refractivity contribution is 7.92. The molecule has 1 heterocycles. The van der Waals surface area contributed by atoms with Crippen LogP contribution in [0.25, 0.3) is 0 Å². The first-order valence-corrected chi connectivity index (χ1v) is 7.69. The molecular formula is C12H10ClN3O2S2. The van der Waals surface area contributed by atoms with Gasteiger partial charge in [-0.15, -0.1) is 0 Å². The second kappa shape index (κ2) is 5.74. The summed E-state index contributed by atoms with van der Waals surface area (Å²) >= 11 is 10.8. The number of sulfonamides is 1. The number of nitrogens with zero attached hydrogens (tertiary/aromatic N) is 1. The van der Waals surface area contributed by atoms with Crippen molar-refractivity contribution in [2.75, 3.05) is 4.72 Å². The minimum Gasteiger partial charge on any atom is -0.389 e. The number of nitrogens with one attached hydrogen (secondary N) is 1. The number of rotatable bonds is 4. The van der Waals surface area contributed by atoms with Crippen LogP contribution in [0.15, 0.2) is 47.6 Å². The molecule has 8 heteroatoms. The highest BCUT2D eigenvalue weighted by atomic mass is 35.5. The van der Waals surface area contributed by atoms with Crippen LogP contribution in [-0.4, -0.2) is 18.4 Å². The molecule has 0 atom stereocenters. The summed E-state index contributed by atoms with van der Waals surface area (Å²) < 4.78 is 27.0. The number of benzene rings is 1. The molecule has 1 aromatic carbocycles. The van der Waals surface area contributed by atoms with Gasteiger partial charge in [-0.25, -0.2) is 8.42 Å². The minimum atomic E-state index is -3.82. The smallest absolute Gasteiger partial charge is 0.263 e. The molecule has 0 aliphatic carbocycles. The van der Waals surface area contributed by atoms with E-state index in [1.807, 2.05) is 0 Å². The van der Waals surface area contributed by atoms with Crippen molar-refractivity contribution in [1.82, 2.24) is 4.98 Å². The van der Waals surface area contributed by atoms with Gasteiger partial charge in [-0.3, -0.25) is 9.71 Å². The number of anilines is 1. The van der Waals surface area contributed by atoms with Crippen molar-refractivity contribution in [2.45, 2.75) is 4.90 Å². The topological polar surface area (TPSA) is 85.1 Å². The number of aromatic nitrogens is 1. The monoisotopic (exact) mass is 327 g/mol. The Morgan fingerprint density at radius 2 is 1.90 bits per heavy atom. The van der Waals surface area contributed by atoms with Gasteiger partial charge in [-0.1, -0.05) is 29.9 Å². The Balaban J connectivity index is 2.44. The van der Waals surface area contributed by atoms with Crippen molar-refractivity contribution >= 4 is 44.5 Å². The third-order valence-corrected chi connectivity index (χ3v) is 4.54. The fraction of sp³-hybridized carbons (Fsp3) is 0. The zero-order chi connectivity index (χ0) is 14.8. The Labute approximate surface area is 126 Å². The molecule has 2 aromatic rings. The van der Waals surface area contributed by atoms with E-state index >= 15 is 0 Å². The molecule has 0 spiro atoms. The Morgan fingerprint density at radius 3 is 2.50 bits per heavy atom. The Bertz CT molecular complexity index is 749. The van der Waals surface area contributed by atoms with Gasteiger partial charge in [0, 0.05) is 18.0 Å². The maximum atomic E-state index is 12.3. The van der Waals surface area contributed by atoms with Crippen LogP contribution in [0.2, 0.25) is 5.02 Å². The molecule has 1 aromatic heterocycles. The zero-order valence-electron chi connectivity index (χ0n) is 10.1. The summed E-state index contributed by atoms with van der Waals surface area (Å²) in [6.07, 6.45) is 2.95. The molecule has 0 unspecified atom stereocenters. The van der Waals surface area contributed by atoms with Crippen LogP contribution >= 0.6 is 23.8 Å². The maximum Gasteiger partial charge on any atom is 0.263 e. The van der Waals surface area contributed by atoms with E-state index in [9.17, 15) is 8.42 Å². The summed E-state index contributed by atoms with van der Waals surface area (Å²) in [5.74, 6) is 0. The first kappa shape index (κ1) is 14.7. The van der Waals surface area contributed by atoms with Gasteiger partial charge >= 0.3 is 0 Å². The number of nitrogens with two attached hydrogens (primary N) is 1. The lowest BCUT2D eigenvalue weighted by molar-refractivity contribution is 0.601. The van der Waals surface area contributed by atoms with Gasteiger partial charge in [-0.05, 0) is 24.3 Å². The number of thiocarbonyl (C=S) groups is 1. The normalized spacial score (nSPS) is 11.1. The third kappa shape index (κ3) is 3.24. The maximum absolute atomic E-state index is 12.3. The van der Waals surface area contributed by atoms with E-state index in [0.717, 1.165) is 0 Å². The quantitative estimate of drug-likeness (QED) is 0.841. The Hall–Kier alpha value is -1.70. The number of hydrogen-bond donors (Lipinski definition) is 2. The summed E-state index contributed by atoms with van der Waals surface area (Å²) in [5, 5.41) is 0.0894. The Kier molecular flexibility index (Phi) is 4.22. The predicted molar refractivity (Wildman–Crippen MR) is 82.4 cm³/mol. The van der Waals surface area contributed by atoms with Crippen molar-refractivity contribution in [2.24, 2.45) is 5.73 Å². The van der Waals surface area contributed by atoms with Crippen LogP contribution < -0.4 is 10.5 Å². The highest BCUT2D eigenvalue weighted by Crippen LogP contribution is 2.24. The third-order valence-electron chi connectivity index (χ3n) is 2.44. The van der Waals surface area contributed by atoms with E-state index in [4.69, 9.17) is 29.6 Å². The number of halogens is 1. The fourth-order valence-electron chi connectivity index (χ4n) is 1.49. The summed E-state index contributed by atoms with van der Waals surface area (Å²) in [6.45, 7) is 0. The van der Waals surface area contributed by atoms with Crippen LogP contribution in [0.3, 0.4) is 0 Å². The van der Waals surface area contributed by atoms with Crippen LogP contribution in [0.1, 0.15) is 5.56 Å². The largest absolute Gasteiger partial charge is 0.389 e. The van der Waals surface area contributed by atoms with Crippen molar-refractivity contribution < 1.29 is 8.42 Å².